The molecule has 2 aromatic rings. The molecule has 10 nitrogen and oxygen atoms in total. The van der Waals surface area contributed by atoms with Crippen molar-refractivity contribution in [3.63, 3.8) is 0 Å². The topological polar surface area (TPSA) is 96.5 Å². The van der Waals surface area contributed by atoms with Crippen LogP contribution in [0.5, 0.6) is 5.75 Å². The summed E-state index contributed by atoms with van der Waals surface area (Å²) in [6, 6.07) is 5.38. The first-order valence-electron chi connectivity index (χ1n) is 14.5. The van der Waals surface area contributed by atoms with Crippen LogP contribution in [0.15, 0.2) is 24.4 Å². The van der Waals surface area contributed by atoms with E-state index in [2.05, 4.69) is 17.2 Å². The summed E-state index contributed by atoms with van der Waals surface area (Å²) < 4.78 is 18.3. The normalized spacial score (nSPS) is 24.9. The summed E-state index contributed by atoms with van der Waals surface area (Å²) >= 11 is 6.66. The third-order valence-corrected chi connectivity index (χ3v) is 9.02. The number of hydrogen-bond acceptors (Lipinski definition) is 7. The van der Waals surface area contributed by atoms with Gasteiger partial charge in [0.15, 0.2) is 0 Å². The van der Waals surface area contributed by atoms with E-state index in [1.54, 1.807) is 22.9 Å². The number of likely N-dealkylation sites (N-methyl/N-ethyl adjacent to an activating group) is 1. The SMILES string of the molecule is CCc1cnc(Nc2ccc(N3CCN(C)C3=O)cc2Cl)c(C)c1OC1CC2COCC(C1)N2C(=O)OC1(C)CC1. The molecular formula is C30H38ClN5O5. The fourth-order valence-corrected chi connectivity index (χ4v) is 6.17. The number of nitrogens with zero attached hydrogens (tertiary/aromatic N) is 4. The van der Waals surface area contributed by atoms with Gasteiger partial charge in [-0.1, -0.05) is 18.5 Å². The van der Waals surface area contributed by atoms with Gasteiger partial charge in [0.25, 0.3) is 0 Å². The van der Waals surface area contributed by atoms with Gasteiger partial charge in [-0.2, -0.15) is 0 Å². The molecule has 2 atom stereocenters. The zero-order valence-electron chi connectivity index (χ0n) is 24.1. The lowest BCUT2D eigenvalue weighted by atomic mass is 9.92. The van der Waals surface area contributed by atoms with E-state index < -0.39 is 0 Å². The van der Waals surface area contributed by atoms with Gasteiger partial charge in [0.05, 0.1) is 36.0 Å². The number of piperidine rings is 1. The van der Waals surface area contributed by atoms with Gasteiger partial charge in [-0.15, -0.1) is 0 Å². The van der Waals surface area contributed by atoms with Crippen molar-refractivity contribution in [1.29, 1.82) is 0 Å². The van der Waals surface area contributed by atoms with Gasteiger partial charge >= 0.3 is 12.1 Å². The number of carbonyl (C=O) groups is 2. The van der Waals surface area contributed by atoms with Gasteiger partial charge in [-0.05, 0) is 51.3 Å². The summed E-state index contributed by atoms with van der Waals surface area (Å²) in [5.74, 6) is 1.47. The molecule has 6 rings (SSSR count). The molecule has 4 heterocycles. The Morgan fingerprint density at radius 1 is 1.22 bits per heavy atom. The summed E-state index contributed by atoms with van der Waals surface area (Å²) in [4.78, 5) is 35.4. The lowest BCUT2D eigenvalue weighted by molar-refractivity contribution is -0.0952. The van der Waals surface area contributed by atoms with Crippen LogP contribution in [0, 0.1) is 6.92 Å². The molecule has 2 unspecified atom stereocenters. The second kappa shape index (κ2) is 10.9. The lowest BCUT2D eigenvalue weighted by Gasteiger charge is -2.47. The number of rotatable bonds is 7. The van der Waals surface area contributed by atoms with E-state index in [4.69, 9.17) is 25.8 Å². The van der Waals surface area contributed by atoms with Crippen molar-refractivity contribution in [1.82, 2.24) is 14.8 Å². The van der Waals surface area contributed by atoms with E-state index in [1.807, 2.05) is 37.1 Å². The number of amides is 3. The number of pyridine rings is 1. The Morgan fingerprint density at radius 3 is 2.56 bits per heavy atom. The number of morpholine rings is 1. The first-order valence-corrected chi connectivity index (χ1v) is 14.9. The van der Waals surface area contributed by atoms with Crippen LogP contribution in [0.4, 0.5) is 26.8 Å². The molecule has 2 bridgehead atoms. The highest BCUT2D eigenvalue weighted by atomic mass is 35.5. The molecule has 3 saturated heterocycles. The smallest absolute Gasteiger partial charge is 0.410 e. The Morgan fingerprint density at radius 2 is 1.95 bits per heavy atom. The number of urea groups is 1. The van der Waals surface area contributed by atoms with Crippen LogP contribution in [0.1, 0.15) is 50.7 Å². The molecule has 0 radical (unpaired) electrons. The van der Waals surface area contributed by atoms with Gasteiger partial charge in [-0.25, -0.2) is 14.6 Å². The predicted molar refractivity (Wildman–Crippen MR) is 156 cm³/mol. The number of carbonyl (C=O) groups excluding carboxylic acids is 2. The monoisotopic (exact) mass is 583 g/mol. The van der Waals surface area contributed by atoms with Gasteiger partial charge in [0, 0.05) is 56.0 Å². The number of hydrogen-bond donors (Lipinski definition) is 1. The number of aryl methyl sites for hydroxylation is 1. The van der Waals surface area contributed by atoms with Crippen LogP contribution >= 0.6 is 11.6 Å². The third kappa shape index (κ3) is 5.51. The highest BCUT2D eigenvalue weighted by molar-refractivity contribution is 6.33. The maximum atomic E-state index is 13.0. The fraction of sp³-hybridized carbons (Fsp3) is 0.567. The second-order valence-corrected chi connectivity index (χ2v) is 12.3. The number of benzene rings is 1. The Kier molecular flexibility index (Phi) is 7.40. The van der Waals surface area contributed by atoms with E-state index >= 15 is 0 Å². The maximum absolute atomic E-state index is 13.0. The third-order valence-electron chi connectivity index (χ3n) is 8.71. The maximum Gasteiger partial charge on any atom is 0.410 e. The number of nitrogens with one attached hydrogen (secondary N) is 1. The van der Waals surface area contributed by atoms with Gasteiger partial charge in [0.1, 0.15) is 23.3 Å². The van der Waals surface area contributed by atoms with Crippen molar-refractivity contribution < 1.29 is 23.8 Å². The molecule has 1 saturated carbocycles. The Balaban J connectivity index is 1.18. The van der Waals surface area contributed by atoms with E-state index in [-0.39, 0.29) is 35.9 Å². The zero-order valence-corrected chi connectivity index (χ0v) is 24.9. The summed E-state index contributed by atoms with van der Waals surface area (Å²) in [6.07, 6.45) is 5.52. The average molecular weight is 584 g/mol. The minimum atomic E-state index is -0.307. The first-order chi connectivity index (χ1) is 19.7. The summed E-state index contributed by atoms with van der Waals surface area (Å²) in [7, 11) is 1.79. The van der Waals surface area contributed by atoms with Gasteiger partial charge < -0.3 is 24.4 Å². The highest BCUT2D eigenvalue weighted by Crippen LogP contribution is 2.41. The summed E-state index contributed by atoms with van der Waals surface area (Å²) in [5, 5.41) is 3.87. The zero-order chi connectivity index (χ0) is 28.9. The van der Waals surface area contributed by atoms with Crippen LogP contribution < -0.4 is 15.0 Å². The molecular weight excluding hydrogens is 546 g/mol. The van der Waals surface area contributed by atoms with Crippen molar-refractivity contribution >= 4 is 40.9 Å². The first kappa shape index (κ1) is 27.9. The van der Waals surface area contributed by atoms with Crippen LogP contribution in [-0.4, -0.2) is 84.0 Å². The Bertz CT molecular complexity index is 1340. The number of halogens is 1. The highest BCUT2D eigenvalue weighted by Gasteiger charge is 2.48. The number of aromatic nitrogens is 1. The predicted octanol–water partition coefficient (Wildman–Crippen LogP) is 5.52. The average Bonchev–Trinajstić information content (AvgIpc) is 3.57. The van der Waals surface area contributed by atoms with E-state index in [1.165, 1.54) is 0 Å². The lowest BCUT2D eigenvalue weighted by Crippen LogP contribution is -2.61. The van der Waals surface area contributed by atoms with Gasteiger partial charge in [0.2, 0.25) is 0 Å². The minimum Gasteiger partial charge on any atom is -0.490 e. The number of ether oxygens (including phenoxy) is 3. The molecule has 1 N–H and O–H groups in total. The number of fused-ring (bicyclic) bond motifs is 2. The van der Waals surface area contributed by atoms with Crippen LogP contribution in [0.2, 0.25) is 5.02 Å². The molecule has 4 aliphatic rings. The second-order valence-electron chi connectivity index (χ2n) is 11.9. The molecule has 1 aromatic carbocycles. The van der Waals surface area contributed by atoms with Crippen LogP contribution in [0.3, 0.4) is 0 Å². The summed E-state index contributed by atoms with van der Waals surface area (Å²) in [5.41, 5.74) is 3.07. The molecule has 4 fully saturated rings. The van der Waals surface area contributed by atoms with Crippen molar-refractivity contribution in [3.8, 4) is 5.75 Å². The molecule has 3 aliphatic heterocycles. The van der Waals surface area contributed by atoms with Crippen LogP contribution in [0.25, 0.3) is 0 Å². The molecule has 1 aromatic heterocycles. The molecule has 11 heteroatoms. The van der Waals surface area contributed by atoms with Crippen molar-refractivity contribution in [2.24, 2.45) is 0 Å². The van der Waals surface area contributed by atoms with Crippen LogP contribution in [-0.2, 0) is 15.9 Å². The quantitative estimate of drug-likeness (QED) is 0.458. The van der Waals surface area contributed by atoms with E-state index in [0.717, 1.165) is 41.8 Å². The van der Waals surface area contributed by atoms with Gasteiger partial charge in [-0.3, -0.25) is 9.80 Å². The molecule has 41 heavy (non-hydrogen) atoms. The molecule has 0 spiro atoms. The minimum absolute atomic E-state index is 0.0353. The molecule has 1 aliphatic carbocycles. The summed E-state index contributed by atoms with van der Waals surface area (Å²) in [6.45, 7) is 8.36. The van der Waals surface area contributed by atoms with E-state index in [0.29, 0.717) is 55.7 Å². The van der Waals surface area contributed by atoms with Crippen molar-refractivity contribution in [2.75, 3.05) is 43.6 Å². The number of anilines is 3. The fourth-order valence-electron chi connectivity index (χ4n) is 5.94. The Labute approximate surface area is 245 Å². The van der Waals surface area contributed by atoms with Crippen molar-refractivity contribution in [3.05, 3.63) is 40.5 Å². The molecule has 220 valence electrons. The largest absolute Gasteiger partial charge is 0.490 e. The standard InChI is InChI=1S/C30H38ClN5O5/c1-5-19-15-32-27(33-25-7-6-20(14-24(25)31)35-11-10-34(4)28(35)37)18(2)26(19)40-23-12-21-16-39-17-22(13-23)36(21)29(38)41-30(3)8-9-30/h6-7,14-15,21-23H,5,8-13,16-17H2,1-4H3,(H,32,33). The molecule has 3 amide bonds. The Hall–Kier alpha value is -3.24. The van der Waals surface area contributed by atoms with E-state index in [9.17, 15) is 9.59 Å². The van der Waals surface area contributed by atoms with Crippen molar-refractivity contribution in [2.45, 2.75) is 76.7 Å².